The van der Waals surface area contributed by atoms with Gasteiger partial charge in [0.15, 0.2) is 0 Å². The van der Waals surface area contributed by atoms with E-state index in [0.717, 1.165) is 26.1 Å². The second-order valence-electron chi connectivity index (χ2n) is 6.10. The number of phenols is 1. The van der Waals surface area contributed by atoms with Gasteiger partial charge in [0, 0.05) is 19.6 Å². The van der Waals surface area contributed by atoms with Crippen LogP contribution in [0.5, 0.6) is 5.75 Å². The molecule has 3 aromatic carbocycles. The summed E-state index contributed by atoms with van der Waals surface area (Å²) >= 11 is 0. The summed E-state index contributed by atoms with van der Waals surface area (Å²) in [7, 11) is 0. The Hall–Kier alpha value is -2.58. The second kappa shape index (κ2) is 8.32. The lowest BCUT2D eigenvalue weighted by Crippen LogP contribution is -2.25. The highest BCUT2D eigenvalue weighted by Gasteiger charge is 2.08. The Kier molecular flexibility index (Phi) is 5.65. The van der Waals surface area contributed by atoms with Crippen LogP contribution in [0.4, 0.5) is 0 Å². The van der Waals surface area contributed by atoms with Crippen LogP contribution in [-0.4, -0.2) is 16.6 Å². The number of aromatic hydroxyl groups is 1. The SMILES string of the molecule is Oc1ccc(CN(CCc2ccccc2)Cc2ccccc2)cc1. The van der Waals surface area contributed by atoms with Crippen LogP contribution in [0.25, 0.3) is 0 Å². The maximum absolute atomic E-state index is 9.46. The average molecular weight is 317 g/mol. The molecule has 0 aliphatic carbocycles. The molecule has 0 spiro atoms. The first-order valence-electron chi connectivity index (χ1n) is 8.38. The molecule has 3 rings (SSSR count). The van der Waals surface area contributed by atoms with Gasteiger partial charge in [0.1, 0.15) is 5.75 Å². The summed E-state index contributed by atoms with van der Waals surface area (Å²) in [6, 6.07) is 28.7. The van der Waals surface area contributed by atoms with Gasteiger partial charge < -0.3 is 5.11 Å². The number of nitrogens with zero attached hydrogens (tertiary/aromatic N) is 1. The van der Waals surface area contributed by atoms with Gasteiger partial charge in [0.25, 0.3) is 0 Å². The van der Waals surface area contributed by atoms with Crippen LogP contribution >= 0.6 is 0 Å². The first kappa shape index (κ1) is 16.3. The number of hydrogen-bond donors (Lipinski definition) is 1. The summed E-state index contributed by atoms with van der Waals surface area (Å²) in [5.74, 6) is 0.317. The van der Waals surface area contributed by atoms with Gasteiger partial charge in [0.2, 0.25) is 0 Å². The van der Waals surface area contributed by atoms with Gasteiger partial charge in [0.05, 0.1) is 0 Å². The van der Waals surface area contributed by atoms with Crippen LogP contribution in [-0.2, 0) is 19.5 Å². The van der Waals surface area contributed by atoms with Gasteiger partial charge in [-0.1, -0.05) is 72.8 Å². The fourth-order valence-electron chi connectivity index (χ4n) is 2.85. The first-order valence-corrected chi connectivity index (χ1v) is 8.38. The van der Waals surface area contributed by atoms with E-state index in [2.05, 4.69) is 65.6 Å². The highest BCUT2D eigenvalue weighted by atomic mass is 16.3. The van der Waals surface area contributed by atoms with Crippen molar-refractivity contribution in [2.45, 2.75) is 19.5 Å². The van der Waals surface area contributed by atoms with Crippen LogP contribution in [0.1, 0.15) is 16.7 Å². The van der Waals surface area contributed by atoms with Crippen molar-refractivity contribution in [2.75, 3.05) is 6.54 Å². The van der Waals surface area contributed by atoms with Crippen molar-refractivity contribution < 1.29 is 5.11 Å². The molecule has 0 amide bonds. The van der Waals surface area contributed by atoms with Crippen molar-refractivity contribution >= 4 is 0 Å². The lowest BCUT2D eigenvalue weighted by atomic mass is 10.1. The molecule has 0 radical (unpaired) electrons. The molecule has 0 bridgehead atoms. The summed E-state index contributed by atoms with van der Waals surface area (Å²) in [6.45, 7) is 2.80. The quantitative estimate of drug-likeness (QED) is 0.686. The lowest BCUT2D eigenvalue weighted by molar-refractivity contribution is 0.260. The Morgan fingerprint density at radius 2 is 1.08 bits per heavy atom. The maximum atomic E-state index is 9.46. The molecule has 0 fully saturated rings. The average Bonchev–Trinajstić information content (AvgIpc) is 2.63. The molecular weight excluding hydrogens is 294 g/mol. The lowest BCUT2D eigenvalue weighted by Gasteiger charge is -2.23. The summed E-state index contributed by atoms with van der Waals surface area (Å²) in [5.41, 5.74) is 3.91. The fraction of sp³-hybridized carbons (Fsp3) is 0.182. The molecular formula is C22H23NO. The highest BCUT2D eigenvalue weighted by Crippen LogP contribution is 2.14. The van der Waals surface area contributed by atoms with Gasteiger partial charge in [-0.15, -0.1) is 0 Å². The van der Waals surface area contributed by atoms with Crippen molar-refractivity contribution in [2.24, 2.45) is 0 Å². The monoisotopic (exact) mass is 317 g/mol. The Morgan fingerprint density at radius 3 is 1.67 bits per heavy atom. The molecule has 2 nitrogen and oxygen atoms in total. The number of rotatable bonds is 7. The van der Waals surface area contributed by atoms with Crippen LogP contribution in [0.3, 0.4) is 0 Å². The van der Waals surface area contributed by atoms with Gasteiger partial charge in [-0.2, -0.15) is 0 Å². The molecule has 24 heavy (non-hydrogen) atoms. The van der Waals surface area contributed by atoms with Crippen LogP contribution < -0.4 is 0 Å². The smallest absolute Gasteiger partial charge is 0.115 e. The van der Waals surface area contributed by atoms with Gasteiger partial charge >= 0.3 is 0 Å². The minimum Gasteiger partial charge on any atom is -0.508 e. The molecule has 122 valence electrons. The number of benzene rings is 3. The van der Waals surface area contributed by atoms with E-state index in [1.165, 1.54) is 16.7 Å². The maximum Gasteiger partial charge on any atom is 0.115 e. The molecule has 0 heterocycles. The van der Waals surface area contributed by atoms with Crippen LogP contribution in [0.2, 0.25) is 0 Å². The summed E-state index contributed by atoms with van der Waals surface area (Å²) in [5, 5.41) is 9.46. The third-order valence-electron chi connectivity index (χ3n) is 4.15. The number of hydrogen-bond acceptors (Lipinski definition) is 2. The van der Waals surface area contributed by atoms with Crippen molar-refractivity contribution in [1.29, 1.82) is 0 Å². The third-order valence-corrected chi connectivity index (χ3v) is 4.15. The van der Waals surface area contributed by atoms with Crippen molar-refractivity contribution in [3.63, 3.8) is 0 Å². The zero-order valence-corrected chi connectivity index (χ0v) is 13.8. The predicted octanol–water partition coefficient (Wildman–Crippen LogP) is 4.64. The Morgan fingerprint density at radius 1 is 0.583 bits per heavy atom. The molecule has 2 heteroatoms. The van der Waals surface area contributed by atoms with Crippen molar-refractivity contribution in [3.05, 3.63) is 102 Å². The Labute approximate surface area is 144 Å². The van der Waals surface area contributed by atoms with E-state index in [-0.39, 0.29) is 0 Å². The Balaban J connectivity index is 1.68. The highest BCUT2D eigenvalue weighted by molar-refractivity contribution is 5.26. The summed E-state index contributed by atoms with van der Waals surface area (Å²) < 4.78 is 0. The first-order chi connectivity index (χ1) is 11.8. The van der Waals surface area contributed by atoms with E-state index in [1.807, 2.05) is 12.1 Å². The van der Waals surface area contributed by atoms with E-state index in [9.17, 15) is 5.11 Å². The molecule has 3 aromatic rings. The van der Waals surface area contributed by atoms with Crippen molar-refractivity contribution in [3.8, 4) is 5.75 Å². The minimum atomic E-state index is 0.317. The van der Waals surface area contributed by atoms with E-state index in [0.29, 0.717) is 5.75 Å². The largest absolute Gasteiger partial charge is 0.508 e. The van der Waals surface area contributed by atoms with E-state index in [4.69, 9.17) is 0 Å². The molecule has 0 saturated heterocycles. The molecule has 0 aliphatic heterocycles. The molecule has 1 N–H and O–H groups in total. The molecule has 0 unspecified atom stereocenters. The normalized spacial score (nSPS) is 10.9. The number of phenolic OH excluding ortho intramolecular Hbond substituents is 1. The molecule has 0 aromatic heterocycles. The van der Waals surface area contributed by atoms with Gasteiger partial charge in [-0.3, -0.25) is 4.90 Å². The van der Waals surface area contributed by atoms with E-state index in [1.54, 1.807) is 12.1 Å². The zero-order valence-electron chi connectivity index (χ0n) is 13.8. The molecule has 0 atom stereocenters. The fourth-order valence-corrected chi connectivity index (χ4v) is 2.85. The molecule has 0 aliphatic rings. The summed E-state index contributed by atoms with van der Waals surface area (Å²) in [6.07, 6.45) is 1.03. The zero-order chi connectivity index (χ0) is 16.6. The standard InChI is InChI=1S/C22H23NO/c24-22-13-11-21(12-14-22)18-23(17-20-9-5-2-6-10-20)16-15-19-7-3-1-4-8-19/h1-14,24H,15-18H2. The summed E-state index contributed by atoms with van der Waals surface area (Å²) in [4.78, 5) is 2.45. The van der Waals surface area contributed by atoms with Crippen LogP contribution in [0, 0.1) is 0 Å². The van der Waals surface area contributed by atoms with Crippen LogP contribution in [0.15, 0.2) is 84.9 Å². The Bertz CT molecular complexity index is 723. The predicted molar refractivity (Wildman–Crippen MR) is 98.8 cm³/mol. The van der Waals surface area contributed by atoms with Gasteiger partial charge in [-0.25, -0.2) is 0 Å². The van der Waals surface area contributed by atoms with Crippen molar-refractivity contribution in [1.82, 2.24) is 4.90 Å². The minimum absolute atomic E-state index is 0.317. The van der Waals surface area contributed by atoms with E-state index < -0.39 is 0 Å². The topological polar surface area (TPSA) is 23.5 Å². The van der Waals surface area contributed by atoms with E-state index >= 15 is 0 Å². The third kappa shape index (κ3) is 4.97. The van der Waals surface area contributed by atoms with Gasteiger partial charge in [-0.05, 0) is 35.2 Å². The molecule has 0 saturated carbocycles. The second-order valence-corrected chi connectivity index (χ2v) is 6.10.